The van der Waals surface area contributed by atoms with Crippen molar-refractivity contribution in [1.82, 2.24) is 10.6 Å². The smallest absolute Gasteiger partial charge is 0.307 e. The molecular weight excluding hydrogens is 242 g/mol. The van der Waals surface area contributed by atoms with Gasteiger partial charge in [-0.3, -0.25) is 9.79 Å². The van der Waals surface area contributed by atoms with Gasteiger partial charge in [-0.2, -0.15) is 0 Å². The van der Waals surface area contributed by atoms with E-state index in [0.717, 1.165) is 18.4 Å². The molecule has 0 heterocycles. The van der Waals surface area contributed by atoms with Gasteiger partial charge >= 0.3 is 5.97 Å². The molecular formula is C14H27N3O2. The van der Waals surface area contributed by atoms with Crippen LogP contribution in [-0.2, 0) is 9.53 Å². The second-order valence-electron chi connectivity index (χ2n) is 5.04. The number of esters is 1. The third kappa shape index (κ3) is 7.03. The maximum Gasteiger partial charge on any atom is 0.307 e. The van der Waals surface area contributed by atoms with Crippen molar-refractivity contribution < 1.29 is 9.53 Å². The Morgan fingerprint density at radius 1 is 1.26 bits per heavy atom. The minimum atomic E-state index is -0.204. The summed E-state index contributed by atoms with van der Waals surface area (Å²) in [6, 6.07) is 0. The number of carbonyl (C=O) groups excluding carboxylic acids is 1. The van der Waals surface area contributed by atoms with Crippen LogP contribution in [0.3, 0.4) is 0 Å². The fraction of sp³-hybridized carbons (Fsp3) is 0.857. The zero-order chi connectivity index (χ0) is 13.9. The van der Waals surface area contributed by atoms with Gasteiger partial charge in [0, 0.05) is 20.1 Å². The number of hydrogen-bond donors (Lipinski definition) is 2. The summed E-state index contributed by atoms with van der Waals surface area (Å²) in [6.07, 6.45) is 8.50. The van der Waals surface area contributed by atoms with Crippen LogP contribution in [-0.4, -0.2) is 39.2 Å². The van der Waals surface area contributed by atoms with E-state index in [2.05, 4.69) is 20.4 Å². The zero-order valence-corrected chi connectivity index (χ0v) is 12.2. The normalized spacial score (nSPS) is 16.4. The van der Waals surface area contributed by atoms with Crippen LogP contribution in [0.25, 0.3) is 0 Å². The SMILES string of the molecule is CN=C(NCCCC1CCCC1)NCCC(=O)OC. The van der Waals surface area contributed by atoms with Gasteiger partial charge in [0.05, 0.1) is 13.5 Å². The topological polar surface area (TPSA) is 62.7 Å². The van der Waals surface area contributed by atoms with Gasteiger partial charge in [-0.05, 0) is 18.8 Å². The molecule has 1 aliphatic rings. The molecule has 1 aliphatic carbocycles. The molecule has 1 fully saturated rings. The lowest BCUT2D eigenvalue weighted by atomic mass is 10.0. The minimum absolute atomic E-state index is 0.204. The molecule has 19 heavy (non-hydrogen) atoms. The Morgan fingerprint density at radius 2 is 1.95 bits per heavy atom. The van der Waals surface area contributed by atoms with E-state index in [9.17, 15) is 4.79 Å². The molecule has 1 rings (SSSR count). The maximum absolute atomic E-state index is 11.0. The van der Waals surface area contributed by atoms with E-state index in [1.165, 1.54) is 45.6 Å². The molecule has 0 bridgehead atoms. The molecule has 110 valence electrons. The molecule has 0 saturated heterocycles. The first-order valence-corrected chi connectivity index (χ1v) is 7.27. The van der Waals surface area contributed by atoms with E-state index in [0.29, 0.717) is 13.0 Å². The molecule has 0 amide bonds. The second-order valence-corrected chi connectivity index (χ2v) is 5.04. The van der Waals surface area contributed by atoms with Crippen molar-refractivity contribution in [2.45, 2.75) is 44.9 Å². The largest absolute Gasteiger partial charge is 0.469 e. The maximum atomic E-state index is 11.0. The summed E-state index contributed by atoms with van der Waals surface area (Å²) in [4.78, 5) is 15.1. The van der Waals surface area contributed by atoms with Crippen LogP contribution in [0.1, 0.15) is 44.9 Å². The number of rotatable bonds is 7. The average Bonchev–Trinajstić information content (AvgIpc) is 2.94. The van der Waals surface area contributed by atoms with E-state index in [4.69, 9.17) is 0 Å². The van der Waals surface area contributed by atoms with Crippen LogP contribution in [0, 0.1) is 5.92 Å². The van der Waals surface area contributed by atoms with Crippen molar-refractivity contribution in [3.05, 3.63) is 0 Å². The zero-order valence-electron chi connectivity index (χ0n) is 12.2. The van der Waals surface area contributed by atoms with Gasteiger partial charge in [-0.1, -0.05) is 25.7 Å². The van der Waals surface area contributed by atoms with Gasteiger partial charge in [-0.15, -0.1) is 0 Å². The highest BCUT2D eigenvalue weighted by Crippen LogP contribution is 2.28. The highest BCUT2D eigenvalue weighted by molar-refractivity contribution is 5.80. The Labute approximate surface area is 116 Å². The Balaban J connectivity index is 2.03. The summed E-state index contributed by atoms with van der Waals surface area (Å²) in [5, 5.41) is 6.37. The fourth-order valence-corrected chi connectivity index (χ4v) is 2.50. The molecule has 0 unspecified atom stereocenters. The Hall–Kier alpha value is -1.26. The number of nitrogens with one attached hydrogen (secondary N) is 2. The van der Waals surface area contributed by atoms with E-state index in [1.807, 2.05) is 0 Å². The third-order valence-corrected chi connectivity index (χ3v) is 3.63. The van der Waals surface area contributed by atoms with Crippen LogP contribution in [0.15, 0.2) is 4.99 Å². The number of hydrogen-bond acceptors (Lipinski definition) is 3. The molecule has 0 aromatic carbocycles. The highest BCUT2D eigenvalue weighted by Gasteiger charge is 2.13. The summed E-state index contributed by atoms with van der Waals surface area (Å²) in [5.74, 6) is 1.50. The van der Waals surface area contributed by atoms with Crippen LogP contribution in [0.4, 0.5) is 0 Å². The number of guanidine groups is 1. The van der Waals surface area contributed by atoms with Crippen molar-refractivity contribution in [1.29, 1.82) is 0 Å². The van der Waals surface area contributed by atoms with E-state index >= 15 is 0 Å². The number of carbonyl (C=O) groups is 1. The second kappa shape index (κ2) is 9.64. The van der Waals surface area contributed by atoms with Crippen molar-refractivity contribution in [3.8, 4) is 0 Å². The molecule has 0 atom stereocenters. The van der Waals surface area contributed by atoms with Gasteiger partial charge in [-0.25, -0.2) is 0 Å². The molecule has 0 aromatic heterocycles. The van der Waals surface area contributed by atoms with E-state index < -0.39 is 0 Å². The number of ether oxygens (including phenoxy) is 1. The van der Waals surface area contributed by atoms with Crippen LogP contribution in [0.5, 0.6) is 0 Å². The van der Waals surface area contributed by atoms with Gasteiger partial charge in [0.15, 0.2) is 5.96 Å². The monoisotopic (exact) mass is 269 g/mol. The first-order chi connectivity index (χ1) is 9.26. The van der Waals surface area contributed by atoms with Gasteiger partial charge in [0.25, 0.3) is 0 Å². The lowest BCUT2D eigenvalue weighted by molar-refractivity contribution is -0.140. The predicted octanol–water partition coefficient (Wildman–Crippen LogP) is 1.68. The lowest BCUT2D eigenvalue weighted by Crippen LogP contribution is -2.38. The number of methoxy groups -OCH3 is 1. The standard InChI is InChI=1S/C14H27N3O2/c1-15-14(17-11-9-13(18)19-2)16-10-5-8-12-6-3-4-7-12/h12H,3-11H2,1-2H3,(H2,15,16,17). The molecule has 5 heteroatoms. The molecule has 2 N–H and O–H groups in total. The fourth-order valence-electron chi connectivity index (χ4n) is 2.50. The average molecular weight is 269 g/mol. The summed E-state index contributed by atoms with van der Waals surface area (Å²) in [6.45, 7) is 1.49. The predicted molar refractivity (Wildman–Crippen MR) is 77.2 cm³/mol. The number of nitrogens with zero attached hydrogens (tertiary/aromatic N) is 1. The molecule has 0 aromatic rings. The van der Waals surface area contributed by atoms with Crippen molar-refractivity contribution in [2.75, 3.05) is 27.2 Å². The molecule has 5 nitrogen and oxygen atoms in total. The molecule has 0 aliphatic heterocycles. The van der Waals surface area contributed by atoms with Crippen molar-refractivity contribution in [3.63, 3.8) is 0 Å². The Kier molecular flexibility index (Phi) is 8.02. The van der Waals surface area contributed by atoms with Gasteiger partial charge in [0.2, 0.25) is 0 Å². The summed E-state index contributed by atoms with van der Waals surface area (Å²) in [7, 11) is 3.14. The van der Waals surface area contributed by atoms with Crippen LogP contribution in [0.2, 0.25) is 0 Å². The molecule has 0 radical (unpaired) electrons. The number of aliphatic imine (C=N–C) groups is 1. The van der Waals surface area contributed by atoms with Gasteiger partial charge < -0.3 is 15.4 Å². The third-order valence-electron chi connectivity index (χ3n) is 3.63. The Morgan fingerprint density at radius 3 is 2.58 bits per heavy atom. The van der Waals surface area contributed by atoms with E-state index in [-0.39, 0.29) is 5.97 Å². The highest BCUT2D eigenvalue weighted by atomic mass is 16.5. The quantitative estimate of drug-likeness (QED) is 0.319. The first-order valence-electron chi connectivity index (χ1n) is 7.27. The van der Waals surface area contributed by atoms with Gasteiger partial charge in [0.1, 0.15) is 0 Å². The summed E-state index contributed by atoms with van der Waals surface area (Å²) >= 11 is 0. The summed E-state index contributed by atoms with van der Waals surface area (Å²) < 4.78 is 4.58. The van der Waals surface area contributed by atoms with Crippen molar-refractivity contribution in [2.24, 2.45) is 10.9 Å². The van der Waals surface area contributed by atoms with E-state index in [1.54, 1.807) is 7.05 Å². The molecule has 0 spiro atoms. The van der Waals surface area contributed by atoms with Crippen molar-refractivity contribution >= 4 is 11.9 Å². The van der Waals surface area contributed by atoms with Crippen LogP contribution >= 0.6 is 0 Å². The van der Waals surface area contributed by atoms with Crippen LogP contribution < -0.4 is 10.6 Å². The first kappa shape index (κ1) is 15.8. The Bertz CT molecular complexity index is 286. The summed E-state index contributed by atoms with van der Waals surface area (Å²) in [5.41, 5.74) is 0. The minimum Gasteiger partial charge on any atom is -0.469 e. The molecule has 1 saturated carbocycles. The lowest BCUT2D eigenvalue weighted by Gasteiger charge is -2.12.